The van der Waals surface area contributed by atoms with Crippen LogP contribution in [0, 0.1) is 0 Å². The lowest BCUT2D eigenvalue weighted by Gasteiger charge is -2.05. The molecule has 0 spiro atoms. The molecular weight excluding hydrogens is 235 g/mol. The predicted molar refractivity (Wildman–Crippen MR) is 49.1 cm³/mol. The van der Waals surface area contributed by atoms with Crippen molar-refractivity contribution in [1.82, 2.24) is 4.98 Å². The fraction of sp³-hybridized carbons (Fsp3) is 0.250. The van der Waals surface area contributed by atoms with Gasteiger partial charge in [-0.1, -0.05) is 11.6 Å². The highest BCUT2D eigenvalue weighted by Crippen LogP contribution is 2.25. The maximum atomic E-state index is 12.3. The van der Waals surface area contributed by atoms with Gasteiger partial charge in [-0.05, 0) is 6.07 Å². The normalized spacial score (nSPS) is 10.6. The number of alkyl halides is 3. The average Bonchev–Trinajstić information content (AvgIpc) is 2.17. The van der Waals surface area contributed by atoms with Gasteiger partial charge in [-0.2, -0.15) is 0 Å². The van der Waals surface area contributed by atoms with Crippen molar-refractivity contribution >= 4 is 29.5 Å². The summed E-state index contributed by atoms with van der Waals surface area (Å²) in [5.74, 6) is -0.111. The number of aldehydes is 1. The lowest BCUT2D eigenvalue weighted by molar-refractivity contribution is 0.112. The number of hydrogen-bond donors (Lipinski definition) is 0. The first kappa shape index (κ1) is 11.3. The third-order valence-corrected chi connectivity index (χ3v) is 2.24. The summed E-state index contributed by atoms with van der Waals surface area (Å²) < 4.78 is 24.5. The van der Waals surface area contributed by atoms with Crippen molar-refractivity contribution in [3.05, 3.63) is 28.0 Å². The molecular formula is C8H5Cl2F2NO. The molecule has 0 aliphatic rings. The first-order chi connectivity index (χ1) is 6.60. The maximum absolute atomic E-state index is 12.3. The third kappa shape index (κ3) is 2.19. The number of carbonyl (C=O) groups is 1. The number of hydrogen-bond acceptors (Lipinski definition) is 2. The van der Waals surface area contributed by atoms with Gasteiger partial charge in [0.2, 0.25) is 0 Å². The van der Waals surface area contributed by atoms with Crippen molar-refractivity contribution in [2.75, 3.05) is 0 Å². The standard InChI is InChI=1S/C8H5Cl2F2NO/c9-2-6-7(10)4(3-14)1-5(13-6)8(11)12/h1,3,8H,2H2. The first-order valence-electron chi connectivity index (χ1n) is 3.58. The van der Waals surface area contributed by atoms with Crippen molar-refractivity contribution in [1.29, 1.82) is 0 Å². The van der Waals surface area contributed by atoms with Crippen molar-refractivity contribution < 1.29 is 13.6 Å². The quantitative estimate of drug-likeness (QED) is 0.599. The van der Waals surface area contributed by atoms with Gasteiger partial charge in [-0.25, -0.2) is 13.8 Å². The highest BCUT2D eigenvalue weighted by molar-refractivity contribution is 6.34. The summed E-state index contributed by atoms with van der Waals surface area (Å²) in [7, 11) is 0. The van der Waals surface area contributed by atoms with E-state index in [4.69, 9.17) is 23.2 Å². The Balaban J connectivity index is 3.31. The number of carbonyl (C=O) groups excluding carboxylic acids is 1. The molecule has 0 aliphatic carbocycles. The predicted octanol–water partition coefficient (Wildman–Crippen LogP) is 3.22. The van der Waals surface area contributed by atoms with Crippen LogP contribution >= 0.6 is 23.2 Å². The second-order valence-corrected chi connectivity index (χ2v) is 3.09. The second kappa shape index (κ2) is 4.66. The molecule has 0 saturated carbocycles. The molecule has 0 fully saturated rings. The SMILES string of the molecule is O=Cc1cc(C(F)F)nc(CCl)c1Cl. The summed E-state index contributed by atoms with van der Waals surface area (Å²) in [6, 6.07) is 0.954. The van der Waals surface area contributed by atoms with Crippen LogP contribution in [0.25, 0.3) is 0 Å². The smallest absolute Gasteiger partial charge is 0.280 e. The molecule has 1 rings (SSSR count). The first-order valence-corrected chi connectivity index (χ1v) is 4.50. The van der Waals surface area contributed by atoms with E-state index in [-0.39, 0.29) is 22.2 Å². The van der Waals surface area contributed by atoms with E-state index in [1.54, 1.807) is 0 Å². The largest absolute Gasteiger partial charge is 0.298 e. The van der Waals surface area contributed by atoms with Crippen molar-refractivity contribution in [3.63, 3.8) is 0 Å². The highest BCUT2D eigenvalue weighted by atomic mass is 35.5. The monoisotopic (exact) mass is 239 g/mol. The Labute approximate surface area is 88.8 Å². The molecule has 0 unspecified atom stereocenters. The Morgan fingerprint density at radius 2 is 2.21 bits per heavy atom. The molecule has 0 radical (unpaired) electrons. The van der Waals surface area contributed by atoms with E-state index in [1.807, 2.05) is 0 Å². The zero-order chi connectivity index (χ0) is 10.7. The van der Waals surface area contributed by atoms with Crippen LogP contribution in [-0.4, -0.2) is 11.3 Å². The van der Waals surface area contributed by atoms with Crippen LogP contribution in [-0.2, 0) is 5.88 Å². The Bertz CT molecular complexity index is 357. The molecule has 2 nitrogen and oxygen atoms in total. The number of nitrogens with zero attached hydrogens (tertiary/aromatic N) is 1. The van der Waals surface area contributed by atoms with Gasteiger partial charge in [0.25, 0.3) is 6.43 Å². The Hall–Kier alpha value is -0.740. The van der Waals surface area contributed by atoms with Gasteiger partial charge < -0.3 is 0 Å². The van der Waals surface area contributed by atoms with E-state index in [2.05, 4.69) is 4.98 Å². The van der Waals surface area contributed by atoms with Gasteiger partial charge in [-0.3, -0.25) is 4.79 Å². The van der Waals surface area contributed by atoms with Crippen molar-refractivity contribution in [3.8, 4) is 0 Å². The number of rotatable bonds is 3. The molecule has 0 atom stereocenters. The zero-order valence-electron chi connectivity index (χ0n) is 6.81. The summed E-state index contributed by atoms with van der Waals surface area (Å²) in [4.78, 5) is 14.0. The van der Waals surface area contributed by atoms with Crippen LogP contribution in [0.15, 0.2) is 6.07 Å². The third-order valence-electron chi connectivity index (χ3n) is 1.55. The molecule has 0 aliphatic heterocycles. The van der Waals surface area contributed by atoms with E-state index in [1.165, 1.54) is 0 Å². The van der Waals surface area contributed by atoms with Crippen molar-refractivity contribution in [2.45, 2.75) is 12.3 Å². The summed E-state index contributed by atoms with van der Waals surface area (Å²) in [5, 5.41) is 0.0272. The van der Waals surface area contributed by atoms with Crippen LogP contribution in [0.4, 0.5) is 8.78 Å². The molecule has 6 heteroatoms. The van der Waals surface area contributed by atoms with E-state index in [0.717, 1.165) is 6.07 Å². The summed E-state index contributed by atoms with van der Waals surface area (Å²) in [5.41, 5.74) is -0.423. The fourth-order valence-corrected chi connectivity index (χ4v) is 1.38. The van der Waals surface area contributed by atoms with Crippen molar-refractivity contribution in [2.24, 2.45) is 0 Å². The lowest BCUT2D eigenvalue weighted by atomic mass is 10.2. The van der Waals surface area contributed by atoms with E-state index in [0.29, 0.717) is 6.29 Å². The molecule has 1 heterocycles. The van der Waals surface area contributed by atoms with Gasteiger partial charge in [0.1, 0.15) is 5.69 Å². The van der Waals surface area contributed by atoms with Gasteiger partial charge in [0.05, 0.1) is 16.6 Å². The average molecular weight is 240 g/mol. The van der Waals surface area contributed by atoms with Gasteiger partial charge in [0.15, 0.2) is 6.29 Å². The summed E-state index contributed by atoms with van der Waals surface area (Å²) in [6.45, 7) is 0. The maximum Gasteiger partial charge on any atom is 0.280 e. The number of aromatic nitrogens is 1. The lowest BCUT2D eigenvalue weighted by Crippen LogP contribution is -1.99. The molecule has 0 saturated heterocycles. The topological polar surface area (TPSA) is 30.0 Å². The Morgan fingerprint density at radius 3 is 2.64 bits per heavy atom. The molecule has 1 aromatic rings. The minimum atomic E-state index is -2.74. The number of halogens is 4. The Kier molecular flexibility index (Phi) is 3.77. The van der Waals surface area contributed by atoms with Gasteiger partial charge >= 0.3 is 0 Å². The van der Waals surface area contributed by atoms with E-state index < -0.39 is 12.1 Å². The molecule has 0 amide bonds. The molecule has 14 heavy (non-hydrogen) atoms. The zero-order valence-corrected chi connectivity index (χ0v) is 8.32. The Morgan fingerprint density at radius 1 is 1.57 bits per heavy atom. The molecule has 1 aromatic heterocycles. The minimum absolute atomic E-state index is 0.0207. The van der Waals surface area contributed by atoms with Crippen LogP contribution < -0.4 is 0 Å². The molecule has 0 aromatic carbocycles. The fourth-order valence-electron chi connectivity index (χ4n) is 0.913. The van der Waals surface area contributed by atoms with Crippen LogP contribution in [0.5, 0.6) is 0 Å². The van der Waals surface area contributed by atoms with Crippen LogP contribution in [0.1, 0.15) is 28.2 Å². The molecule has 0 bridgehead atoms. The minimum Gasteiger partial charge on any atom is -0.298 e. The van der Waals surface area contributed by atoms with Crippen LogP contribution in [0.2, 0.25) is 5.02 Å². The van der Waals surface area contributed by atoms with Gasteiger partial charge in [0, 0.05) is 5.56 Å². The van der Waals surface area contributed by atoms with E-state index >= 15 is 0 Å². The summed E-state index contributed by atoms with van der Waals surface area (Å²) >= 11 is 11.1. The number of pyridine rings is 1. The molecule has 0 N–H and O–H groups in total. The second-order valence-electron chi connectivity index (χ2n) is 2.45. The molecule has 76 valence electrons. The highest BCUT2D eigenvalue weighted by Gasteiger charge is 2.15. The van der Waals surface area contributed by atoms with Gasteiger partial charge in [-0.15, -0.1) is 11.6 Å². The van der Waals surface area contributed by atoms with E-state index in [9.17, 15) is 13.6 Å². The van der Waals surface area contributed by atoms with Crippen LogP contribution in [0.3, 0.4) is 0 Å². The summed E-state index contributed by atoms with van der Waals surface area (Å²) in [6.07, 6.45) is -2.35.